The largest absolute Gasteiger partial charge is 0.508 e. The van der Waals surface area contributed by atoms with Crippen molar-refractivity contribution in [3.05, 3.63) is 29.8 Å². The van der Waals surface area contributed by atoms with E-state index >= 15 is 0 Å². The normalized spacial score (nSPS) is 19.2. The molecule has 2 rings (SSSR count). The van der Waals surface area contributed by atoms with Crippen LogP contribution < -0.4 is 5.32 Å². The molecule has 1 fully saturated rings. The highest BCUT2D eigenvalue weighted by Gasteiger charge is 2.35. The molecule has 2 heteroatoms. The molecule has 1 aromatic carbocycles. The number of aromatic hydroxyl groups is 1. The van der Waals surface area contributed by atoms with Gasteiger partial charge in [0.25, 0.3) is 0 Å². The lowest BCUT2D eigenvalue weighted by atomic mass is 9.67. The number of hydrogen-bond acceptors (Lipinski definition) is 2. The highest BCUT2D eigenvalue weighted by Crippen LogP contribution is 2.43. The first-order chi connectivity index (χ1) is 8.71. The Morgan fingerprint density at radius 3 is 2.50 bits per heavy atom. The Balaban J connectivity index is 2.00. The maximum atomic E-state index is 9.93. The van der Waals surface area contributed by atoms with Gasteiger partial charge < -0.3 is 10.4 Å². The number of rotatable bonds is 6. The molecule has 1 aliphatic rings. The van der Waals surface area contributed by atoms with Gasteiger partial charge in [0, 0.05) is 18.2 Å². The molecule has 2 nitrogen and oxygen atoms in total. The molecule has 0 heterocycles. The molecule has 0 aliphatic heterocycles. The van der Waals surface area contributed by atoms with Crippen LogP contribution in [0.4, 0.5) is 0 Å². The number of phenols is 1. The van der Waals surface area contributed by atoms with Gasteiger partial charge in [-0.1, -0.05) is 38.5 Å². The molecule has 1 unspecified atom stereocenters. The number of benzene rings is 1. The summed E-state index contributed by atoms with van der Waals surface area (Å²) in [6.45, 7) is 5.54. The van der Waals surface area contributed by atoms with Crippen molar-refractivity contribution >= 4 is 0 Å². The van der Waals surface area contributed by atoms with Gasteiger partial charge in [0.05, 0.1) is 0 Å². The summed E-state index contributed by atoms with van der Waals surface area (Å²) in [7, 11) is 0. The van der Waals surface area contributed by atoms with Gasteiger partial charge in [0.2, 0.25) is 0 Å². The third-order valence-corrected chi connectivity index (χ3v) is 4.61. The Morgan fingerprint density at radius 2 is 2.00 bits per heavy atom. The lowest BCUT2D eigenvalue weighted by molar-refractivity contribution is 0.118. The van der Waals surface area contributed by atoms with Crippen LogP contribution in [0.25, 0.3) is 0 Å². The van der Waals surface area contributed by atoms with Crippen molar-refractivity contribution < 1.29 is 5.11 Å². The molecule has 1 aromatic rings. The van der Waals surface area contributed by atoms with Crippen molar-refractivity contribution in [2.45, 2.75) is 52.0 Å². The van der Waals surface area contributed by atoms with Crippen LogP contribution in [-0.2, 0) is 0 Å². The van der Waals surface area contributed by atoms with Gasteiger partial charge in [-0.25, -0.2) is 0 Å². The van der Waals surface area contributed by atoms with E-state index in [-0.39, 0.29) is 6.04 Å². The maximum absolute atomic E-state index is 9.93. The van der Waals surface area contributed by atoms with Crippen LogP contribution in [0.1, 0.15) is 57.6 Å². The van der Waals surface area contributed by atoms with Gasteiger partial charge in [-0.2, -0.15) is 0 Å². The predicted molar refractivity (Wildman–Crippen MR) is 75.7 cm³/mol. The first-order valence-corrected chi connectivity index (χ1v) is 7.22. The van der Waals surface area contributed by atoms with Crippen LogP contribution in [0, 0.1) is 5.41 Å². The summed E-state index contributed by atoms with van der Waals surface area (Å²) in [4.78, 5) is 0. The average Bonchev–Trinajstić information content (AvgIpc) is 2.34. The second-order valence-electron chi connectivity index (χ2n) is 5.61. The Kier molecular flexibility index (Phi) is 4.28. The Bertz CT molecular complexity index is 379. The van der Waals surface area contributed by atoms with E-state index in [0.29, 0.717) is 11.2 Å². The summed E-state index contributed by atoms with van der Waals surface area (Å²) in [5.41, 5.74) is 1.56. The van der Waals surface area contributed by atoms with Crippen LogP contribution in [0.2, 0.25) is 0 Å². The zero-order valence-corrected chi connectivity index (χ0v) is 11.6. The Hall–Kier alpha value is -1.02. The number of hydrogen-bond donors (Lipinski definition) is 2. The third kappa shape index (κ3) is 2.69. The molecule has 1 aliphatic carbocycles. The maximum Gasteiger partial charge on any atom is 0.120 e. The van der Waals surface area contributed by atoms with Crippen molar-refractivity contribution in [2.24, 2.45) is 5.41 Å². The molecule has 18 heavy (non-hydrogen) atoms. The predicted octanol–water partition coefficient (Wildman–Crippen LogP) is 4.01. The molecule has 0 spiro atoms. The number of para-hydroxylation sites is 1. The van der Waals surface area contributed by atoms with E-state index in [1.54, 1.807) is 6.07 Å². The molecule has 0 aromatic heterocycles. The SMILES string of the molecule is CCC(NCC1(CC)CCC1)c1ccccc1O. The van der Waals surface area contributed by atoms with Crippen molar-refractivity contribution in [3.63, 3.8) is 0 Å². The van der Waals surface area contributed by atoms with E-state index < -0.39 is 0 Å². The van der Waals surface area contributed by atoms with Crippen molar-refractivity contribution in [1.82, 2.24) is 5.32 Å². The monoisotopic (exact) mass is 247 g/mol. The van der Waals surface area contributed by atoms with Crippen molar-refractivity contribution in [3.8, 4) is 5.75 Å². The van der Waals surface area contributed by atoms with Gasteiger partial charge in [0.1, 0.15) is 5.75 Å². The minimum absolute atomic E-state index is 0.273. The van der Waals surface area contributed by atoms with Crippen LogP contribution in [0.3, 0.4) is 0 Å². The minimum Gasteiger partial charge on any atom is -0.508 e. The molecule has 1 atom stereocenters. The molecule has 100 valence electrons. The van der Waals surface area contributed by atoms with Gasteiger partial charge in [-0.05, 0) is 37.2 Å². The summed E-state index contributed by atoms with van der Waals surface area (Å²) in [6.07, 6.45) is 6.36. The first-order valence-electron chi connectivity index (χ1n) is 7.22. The molecule has 0 bridgehead atoms. The smallest absolute Gasteiger partial charge is 0.120 e. The van der Waals surface area contributed by atoms with Crippen LogP contribution in [-0.4, -0.2) is 11.7 Å². The first kappa shape index (κ1) is 13.4. The quantitative estimate of drug-likeness (QED) is 0.796. The summed E-state index contributed by atoms with van der Waals surface area (Å²) in [5, 5.41) is 13.6. The van der Waals surface area contributed by atoms with E-state index in [1.165, 1.54) is 25.7 Å². The summed E-state index contributed by atoms with van der Waals surface area (Å²) in [5.74, 6) is 0.413. The fourth-order valence-corrected chi connectivity index (χ4v) is 2.93. The second kappa shape index (κ2) is 5.75. The zero-order chi connectivity index (χ0) is 13.0. The number of nitrogens with one attached hydrogen (secondary N) is 1. The zero-order valence-electron chi connectivity index (χ0n) is 11.6. The topological polar surface area (TPSA) is 32.3 Å². The van der Waals surface area contributed by atoms with E-state index in [0.717, 1.165) is 18.5 Å². The Labute approximate surface area is 110 Å². The van der Waals surface area contributed by atoms with Crippen molar-refractivity contribution in [1.29, 1.82) is 0 Å². The molecule has 0 amide bonds. The molecule has 0 saturated heterocycles. The highest BCUT2D eigenvalue weighted by molar-refractivity contribution is 5.34. The van der Waals surface area contributed by atoms with Crippen LogP contribution in [0.15, 0.2) is 24.3 Å². The molecular weight excluding hydrogens is 222 g/mol. The fraction of sp³-hybridized carbons (Fsp3) is 0.625. The van der Waals surface area contributed by atoms with Gasteiger partial charge >= 0.3 is 0 Å². The molecule has 0 radical (unpaired) electrons. The lowest BCUT2D eigenvalue weighted by Gasteiger charge is -2.42. The summed E-state index contributed by atoms with van der Waals surface area (Å²) >= 11 is 0. The van der Waals surface area contributed by atoms with Gasteiger partial charge in [-0.15, -0.1) is 0 Å². The van der Waals surface area contributed by atoms with Gasteiger partial charge in [0.15, 0.2) is 0 Å². The molecule has 2 N–H and O–H groups in total. The van der Waals surface area contributed by atoms with E-state index in [2.05, 4.69) is 19.2 Å². The second-order valence-corrected chi connectivity index (χ2v) is 5.61. The Morgan fingerprint density at radius 1 is 1.28 bits per heavy atom. The minimum atomic E-state index is 0.273. The molecule has 1 saturated carbocycles. The van der Waals surface area contributed by atoms with E-state index in [9.17, 15) is 5.11 Å². The van der Waals surface area contributed by atoms with Crippen LogP contribution in [0.5, 0.6) is 5.75 Å². The highest BCUT2D eigenvalue weighted by atomic mass is 16.3. The van der Waals surface area contributed by atoms with E-state index in [1.807, 2.05) is 18.2 Å². The molecular formula is C16H25NO. The average molecular weight is 247 g/mol. The number of phenolic OH excluding ortho intramolecular Hbond substituents is 1. The third-order valence-electron chi connectivity index (χ3n) is 4.61. The summed E-state index contributed by atoms with van der Waals surface area (Å²) < 4.78 is 0. The summed E-state index contributed by atoms with van der Waals surface area (Å²) in [6, 6.07) is 7.95. The van der Waals surface area contributed by atoms with Gasteiger partial charge in [-0.3, -0.25) is 0 Å². The lowest BCUT2D eigenvalue weighted by Crippen LogP contribution is -2.40. The van der Waals surface area contributed by atoms with E-state index in [4.69, 9.17) is 0 Å². The fourth-order valence-electron chi connectivity index (χ4n) is 2.93. The van der Waals surface area contributed by atoms with Crippen molar-refractivity contribution in [2.75, 3.05) is 6.54 Å². The van der Waals surface area contributed by atoms with Crippen LogP contribution >= 0.6 is 0 Å². The standard InChI is InChI=1S/C16H25NO/c1-3-14(13-8-5-6-9-15(13)18)17-12-16(4-2)10-7-11-16/h5-6,8-9,14,17-18H,3-4,7,10-12H2,1-2H3.